The molecule has 136 heavy (non-hydrogen) atoms. The second-order valence-corrected chi connectivity index (χ2v) is 36.8. The molecule has 0 aliphatic heterocycles. The van der Waals surface area contributed by atoms with E-state index in [1.54, 1.807) is 36.4 Å². The van der Waals surface area contributed by atoms with Gasteiger partial charge in [-0.25, -0.2) is 9.69 Å². The maximum absolute atomic E-state index is 15.3. The average Bonchev–Trinajstić information content (AvgIpc) is 1.56. The Morgan fingerprint density at radius 2 is 0.412 bits per heavy atom. The van der Waals surface area contributed by atoms with Crippen LogP contribution in [0.15, 0.2) is 340 Å². The van der Waals surface area contributed by atoms with Crippen molar-refractivity contribution in [2.24, 2.45) is 0 Å². The van der Waals surface area contributed by atoms with Gasteiger partial charge in [0.2, 0.25) is 0 Å². The lowest BCUT2D eigenvalue weighted by Gasteiger charge is -2.21. The smallest absolute Gasteiger partial charge is 0.310 e. The summed E-state index contributed by atoms with van der Waals surface area (Å²) in [6.07, 6.45) is -9.24. The topological polar surface area (TPSA) is 28.4 Å². The van der Waals surface area contributed by atoms with E-state index in [-0.39, 0.29) is 0 Å². The van der Waals surface area contributed by atoms with Gasteiger partial charge in [0.25, 0.3) is 0 Å². The first-order chi connectivity index (χ1) is 65.5. The Hall–Kier alpha value is -16.3. The summed E-state index contributed by atoms with van der Waals surface area (Å²) in [5, 5.41) is 7.95. The molecule has 0 atom stereocenters. The first-order valence-corrected chi connectivity index (χ1v) is 45.7. The Morgan fingerprint density at radius 1 is 0.191 bits per heavy atom. The van der Waals surface area contributed by atoms with E-state index in [2.05, 4.69) is 342 Å². The van der Waals surface area contributed by atoms with E-state index in [0.29, 0.717) is 56.4 Å². The minimum Gasteiger partial charge on any atom is -0.310 e. The summed E-state index contributed by atoms with van der Waals surface area (Å²) in [4.78, 5) is 7.74. The number of rotatable bonds is 12. The molecule has 4 aromatic heterocycles. The van der Waals surface area contributed by atoms with Crippen molar-refractivity contribution < 1.29 is 26.3 Å². The lowest BCUT2D eigenvalue weighted by Crippen LogP contribution is -2.08. The van der Waals surface area contributed by atoms with Gasteiger partial charge in [0.15, 0.2) is 11.4 Å². The summed E-state index contributed by atoms with van der Waals surface area (Å²) in [5.74, 6) is 0. The van der Waals surface area contributed by atoms with Crippen LogP contribution in [0.5, 0.6) is 0 Å². The van der Waals surface area contributed by atoms with E-state index >= 15 is 13.2 Å². The minimum atomic E-state index is -4.64. The van der Waals surface area contributed by atoms with Gasteiger partial charge in [-0.2, -0.15) is 26.3 Å². The molecule has 0 unspecified atom stereocenters. The first-order valence-electron chi connectivity index (χ1n) is 45.7. The largest absolute Gasteiger partial charge is 0.416 e. The molecule has 0 spiro atoms. The zero-order chi connectivity index (χ0) is 94.3. The van der Waals surface area contributed by atoms with Crippen LogP contribution in [-0.2, 0) is 12.4 Å². The van der Waals surface area contributed by atoms with E-state index in [4.69, 9.17) is 13.1 Å². The lowest BCUT2D eigenvalue weighted by molar-refractivity contribution is -0.138. The monoisotopic (exact) mass is 1780 g/mol. The molecule has 0 saturated carbocycles. The van der Waals surface area contributed by atoms with Gasteiger partial charge in [-0.3, -0.25) is 0 Å². The maximum atomic E-state index is 15.3. The molecule has 0 aliphatic rings. The summed E-state index contributed by atoms with van der Waals surface area (Å²) in [6.45, 7) is 41.7. The quantitative estimate of drug-likeness (QED) is 0.0862. The van der Waals surface area contributed by atoms with E-state index < -0.39 is 23.5 Å². The first kappa shape index (κ1) is 86.4. The zero-order valence-electron chi connectivity index (χ0n) is 77.3. The number of hydrogen-bond acceptors (Lipinski definition) is 0. The number of aromatic nitrogens is 4. The molecule has 0 N–H and O–H groups in total. The molecule has 0 bridgehead atoms. The number of hydrogen-bond donors (Lipinski definition) is 0. The lowest BCUT2D eigenvalue weighted by atomic mass is 9.95. The highest BCUT2D eigenvalue weighted by Crippen LogP contribution is 2.51. The van der Waals surface area contributed by atoms with Crippen LogP contribution in [0.25, 0.3) is 209 Å². The molecule has 12 heteroatoms. The highest BCUT2D eigenvalue weighted by atomic mass is 19.4. The number of halogens is 6. The Morgan fingerprint density at radius 3 is 0.647 bits per heavy atom. The van der Waals surface area contributed by atoms with Crippen molar-refractivity contribution in [1.29, 1.82) is 0 Å². The van der Waals surface area contributed by atoms with Gasteiger partial charge in [-0.1, -0.05) is 240 Å². The van der Waals surface area contributed by atoms with Gasteiger partial charge in [0, 0.05) is 76.7 Å². The molecule has 0 saturated heterocycles. The fraction of sp³-hybridized carbons (Fsp3) is 0.113. The molecule has 0 radical (unpaired) electrons. The van der Waals surface area contributed by atoms with Crippen molar-refractivity contribution in [2.45, 2.75) is 95.4 Å². The summed E-state index contributed by atoms with van der Waals surface area (Å²) in [5.41, 5.74) is 37.7. The van der Waals surface area contributed by atoms with Crippen LogP contribution in [-0.4, -0.2) is 18.3 Å². The van der Waals surface area contributed by atoms with E-state index in [0.717, 1.165) is 176 Å². The molecule has 6 nitrogen and oxygen atoms in total. The maximum Gasteiger partial charge on any atom is 0.416 e. The van der Waals surface area contributed by atoms with Crippen molar-refractivity contribution in [3.8, 4) is 112 Å². The molecular formula is C124H92F6N6. The Bertz CT molecular complexity index is 8670. The number of nitrogens with zero attached hydrogens (tertiary/aromatic N) is 6. The molecule has 22 rings (SSSR count). The van der Waals surface area contributed by atoms with Crippen molar-refractivity contribution in [2.75, 3.05) is 0 Å². The van der Waals surface area contributed by atoms with Crippen molar-refractivity contribution in [3.63, 3.8) is 0 Å². The number of alkyl halides is 6. The molecular weight excluding hydrogens is 1690 g/mol. The standard InChI is InChI=1S/C70H54F3N3.C54H38F3N3/c1-40-10-20-54(44(5)30-40)48-14-25-64-59(34-48)60-35-49(55-21-11-41(2)31-45(55)6)15-26-65(60)75(64)68-29-18-52(70(71,72)73)38-63(68)58-24-19-53(74-9)39-69(58)76-66-27-16-50(56-22-12-42(3)32-46(56)7)36-61(66)62-37-51(17-28-67(62)76)57-23-13-43(4)33-47(57)8;1-32-14-20-40(34(3)26-32)36-16-23-50-45(28-36)42-10-6-8-12-48(42)59(50)52-25-18-38(54(55,56)57)30-47(52)44-22-19-39(58-5)31-53(44)60-49-13-9-7-11-43(49)46-29-37(17-24-51(46)60)41-21-15-33(2)27-35(41)4/h10-39H,1-8H3;6-31H,1-4H3. The summed E-state index contributed by atoms with van der Waals surface area (Å²) in [7, 11) is 0. The Labute approximate surface area is 785 Å². The third kappa shape index (κ3) is 15.1. The summed E-state index contributed by atoms with van der Waals surface area (Å²) < 4.78 is 98.8. The van der Waals surface area contributed by atoms with E-state index in [1.165, 1.54) is 68.8 Å². The normalized spacial score (nSPS) is 11.9. The number of benzene rings is 18. The average molecular weight is 1780 g/mol. The minimum absolute atomic E-state index is 0.371. The number of para-hydroxylation sites is 2. The third-order valence-corrected chi connectivity index (χ3v) is 27.4. The van der Waals surface area contributed by atoms with Crippen molar-refractivity contribution in [3.05, 3.63) is 440 Å². The van der Waals surface area contributed by atoms with Gasteiger partial charge in [-0.15, -0.1) is 0 Å². The predicted molar refractivity (Wildman–Crippen MR) is 553 cm³/mol. The van der Waals surface area contributed by atoms with Gasteiger partial charge in [0.05, 0.1) is 79.8 Å². The van der Waals surface area contributed by atoms with E-state index in [9.17, 15) is 13.2 Å². The van der Waals surface area contributed by atoms with Crippen LogP contribution in [0, 0.1) is 96.2 Å². The molecule has 18 aromatic carbocycles. The van der Waals surface area contributed by atoms with Gasteiger partial charge in [-0.05, 0) is 317 Å². The van der Waals surface area contributed by atoms with Crippen LogP contribution >= 0.6 is 0 Å². The summed E-state index contributed by atoms with van der Waals surface area (Å²) in [6, 6.07) is 113. The third-order valence-electron chi connectivity index (χ3n) is 27.4. The van der Waals surface area contributed by atoms with Crippen LogP contribution in [0.1, 0.15) is 77.9 Å². The van der Waals surface area contributed by atoms with Gasteiger partial charge in [0.1, 0.15) is 0 Å². The van der Waals surface area contributed by atoms with Gasteiger partial charge < -0.3 is 18.3 Å². The highest BCUT2D eigenvalue weighted by Gasteiger charge is 2.35. The molecule has 0 amide bonds. The fourth-order valence-electron chi connectivity index (χ4n) is 21.1. The SMILES string of the molecule is [C-]#[N+]c1ccc(-c2cc(C(F)(F)F)ccc2-n2c3ccc(-c4ccc(C)cc4C)cc3c3cc(-c4ccc(C)cc4C)ccc32)c(-n2c3ccc(-c4ccc(C)cc4C)cc3c3cc(-c4ccc(C)cc4C)ccc32)c1.[C-]#[N+]c1ccc(-c2cc(C(F)(F)F)ccc2-n2c3ccccc3c3cc(-c4ccc(C)cc4C)ccc32)c(-n2c3ccccc3c3cc(-c4ccc(C)cc4C)ccc32)c1. The fourth-order valence-corrected chi connectivity index (χ4v) is 21.1. The number of fused-ring (bicyclic) bond motifs is 12. The molecule has 22 aromatic rings. The summed E-state index contributed by atoms with van der Waals surface area (Å²) >= 11 is 0. The van der Waals surface area contributed by atoms with Crippen LogP contribution < -0.4 is 0 Å². The van der Waals surface area contributed by atoms with Crippen LogP contribution in [0.3, 0.4) is 0 Å². The molecule has 660 valence electrons. The van der Waals surface area contributed by atoms with Crippen LogP contribution in [0.2, 0.25) is 0 Å². The molecule has 0 aliphatic carbocycles. The number of aryl methyl sites for hydroxylation is 12. The predicted octanol–water partition coefficient (Wildman–Crippen LogP) is 35.9. The Balaban J connectivity index is 0.000000167. The van der Waals surface area contributed by atoms with Crippen molar-refractivity contribution in [1.82, 2.24) is 18.3 Å². The molecule has 0 fully saturated rings. The van der Waals surface area contributed by atoms with E-state index in [1.807, 2.05) is 48.5 Å². The highest BCUT2D eigenvalue weighted by molar-refractivity contribution is 6.17. The Kier molecular flexibility index (Phi) is 21.3. The van der Waals surface area contributed by atoms with Gasteiger partial charge >= 0.3 is 12.4 Å². The second-order valence-electron chi connectivity index (χ2n) is 36.8. The second kappa shape index (κ2) is 33.5. The van der Waals surface area contributed by atoms with Crippen molar-refractivity contribution >= 4 is 98.6 Å². The zero-order valence-corrected chi connectivity index (χ0v) is 77.3. The molecule has 4 heterocycles. The van der Waals surface area contributed by atoms with Crippen LogP contribution in [0.4, 0.5) is 37.7 Å².